The Morgan fingerprint density at radius 3 is 2.00 bits per heavy atom. The van der Waals surface area contributed by atoms with E-state index >= 15 is 0 Å². The normalized spacial score (nSPS) is 11.1. The molecular weight excluding hydrogens is 222 g/mol. The van der Waals surface area contributed by atoms with Crippen molar-refractivity contribution in [3.63, 3.8) is 0 Å². The summed E-state index contributed by atoms with van der Waals surface area (Å²) in [6.45, 7) is 4.05. The van der Waals surface area contributed by atoms with E-state index in [-0.39, 0.29) is 6.10 Å². The lowest BCUT2D eigenvalue weighted by Gasteiger charge is -2.09. The number of pyridine rings is 1. The summed E-state index contributed by atoms with van der Waals surface area (Å²) in [6.07, 6.45) is 7.94. The van der Waals surface area contributed by atoms with Crippen LogP contribution in [0.4, 0.5) is 0 Å². The summed E-state index contributed by atoms with van der Waals surface area (Å²) in [5.74, 6) is 0.908. The summed E-state index contributed by atoms with van der Waals surface area (Å²) in [7, 11) is 0. The summed E-state index contributed by atoms with van der Waals surface area (Å²) in [4.78, 5) is 3.99. The monoisotopic (exact) mass is 239 g/mol. The first-order chi connectivity index (χ1) is 8.74. The third-order valence-electron chi connectivity index (χ3n) is 2.43. The van der Waals surface area contributed by atoms with Gasteiger partial charge in [0.15, 0.2) is 0 Å². The lowest BCUT2D eigenvalue weighted by atomic mass is 10.1. The Labute approximate surface area is 108 Å². The molecule has 0 unspecified atom stereocenters. The van der Waals surface area contributed by atoms with Gasteiger partial charge < -0.3 is 4.74 Å². The molecule has 0 bridgehead atoms. The minimum atomic E-state index is 0.211. The summed E-state index contributed by atoms with van der Waals surface area (Å²) < 4.78 is 5.60. The number of benzene rings is 1. The zero-order chi connectivity index (χ0) is 12.8. The molecule has 2 rings (SSSR count). The van der Waals surface area contributed by atoms with Crippen molar-refractivity contribution in [1.29, 1.82) is 0 Å². The highest BCUT2D eigenvalue weighted by molar-refractivity contribution is 5.69. The highest BCUT2D eigenvalue weighted by atomic mass is 16.5. The van der Waals surface area contributed by atoms with Crippen molar-refractivity contribution in [2.24, 2.45) is 0 Å². The van der Waals surface area contributed by atoms with Gasteiger partial charge in [-0.2, -0.15) is 0 Å². The van der Waals surface area contributed by atoms with Gasteiger partial charge in [-0.3, -0.25) is 4.98 Å². The zero-order valence-corrected chi connectivity index (χ0v) is 10.7. The third kappa shape index (κ3) is 3.74. The summed E-state index contributed by atoms with van der Waals surface area (Å²) in [5.41, 5.74) is 2.30. The van der Waals surface area contributed by atoms with Gasteiger partial charge in [-0.15, -0.1) is 0 Å². The second kappa shape index (κ2) is 6.01. The Hall–Kier alpha value is -2.09. The lowest BCUT2D eigenvalue weighted by Crippen LogP contribution is -2.05. The van der Waals surface area contributed by atoms with E-state index in [4.69, 9.17) is 4.74 Å². The van der Waals surface area contributed by atoms with E-state index < -0.39 is 0 Å². The molecule has 0 aliphatic carbocycles. The molecule has 2 aromatic rings. The van der Waals surface area contributed by atoms with Crippen LogP contribution in [0.5, 0.6) is 5.75 Å². The molecule has 1 heterocycles. The molecule has 0 atom stereocenters. The van der Waals surface area contributed by atoms with E-state index in [1.54, 1.807) is 12.4 Å². The van der Waals surface area contributed by atoms with Crippen LogP contribution in [0, 0.1) is 0 Å². The van der Waals surface area contributed by atoms with Crippen molar-refractivity contribution >= 4 is 12.2 Å². The number of rotatable bonds is 4. The summed E-state index contributed by atoms with van der Waals surface area (Å²) >= 11 is 0. The molecule has 0 spiro atoms. The molecular formula is C16H17NO. The van der Waals surface area contributed by atoms with Crippen LogP contribution >= 0.6 is 0 Å². The average molecular weight is 239 g/mol. The van der Waals surface area contributed by atoms with Crippen molar-refractivity contribution in [2.75, 3.05) is 0 Å². The van der Waals surface area contributed by atoms with Gasteiger partial charge in [0.2, 0.25) is 0 Å². The van der Waals surface area contributed by atoms with E-state index in [0.29, 0.717) is 0 Å². The molecule has 1 aromatic heterocycles. The van der Waals surface area contributed by atoms with Crippen LogP contribution in [0.15, 0.2) is 48.8 Å². The SMILES string of the molecule is CC(C)Oc1ccc(C=Cc2ccncc2)cc1. The predicted octanol–water partition coefficient (Wildman–Crippen LogP) is 4.04. The Balaban J connectivity index is 2.04. The van der Waals surface area contributed by atoms with E-state index in [9.17, 15) is 0 Å². The van der Waals surface area contributed by atoms with Gasteiger partial charge >= 0.3 is 0 Å². The molecule has 0 N–H and O–H groups in total. The second-order valence-corrected chi connectivity index (χ2v) is 4.35. The highest BCUT2D eigenvalue weighted by Crippen LogP contribution is 2.15. The number of hydrogen-bond acceptors (Lipinski definition) is 2. The highest BCUT2D eigenvalue weighted by Gasteiger charge is 1.96. The van der Waals surface area contributed by atoms with E-state index in [1.807, 2.05) is 38.1 Å². The topological polar surface area (TPSA) is 22.1 Å². The van der Waals surface area contributed by atoms with Gasteiger partial charge in [0.05, 0.1) is 6.10 Å². The van der Waals surface area contributed by atoms with Crippen molar-refractivity contribution in [3.05, 3.63) is 59.9 Å². The van der Waals surface area contributed by atoms with Crippen LogP contribution in [0.2, 0.25) is 0 Å². The number of aromatic nitrogens is 1. The standard InChI is InChI=1S/C16H17NO/c1-13(2)18-16-7-5-14(6-8-16)3-4-15-9-11-17-12-10-15/h3-13H,1-2H3. The van der Waals surface area contributed by atoms with Crippen LogP contribution in [-0.2, 0) is 0 Å². The average Bonchev–Trinajstić information content (AvgIpc) is 2.38. The van der Waals surface area contributed by atoms with Crippen LogP contribution in [-0.4, -0.2) is 11.1 Å². The Morgan fingerprint density at radius 2 is 1.44 bits per heavy atom. The fraction of sp³-hybridized carbons (Fsp3) is 0.188. The van der Waals surface area contributed by atoms with Crippen molar-refractivity contribution in [1.82, 2.24) is 4.98 Å². The van der Waals surface area contributed by atoms with Crippen LogP contribution in [0.3, 0.4) is 0 Å². The Kier molecular flexibility index (Phi) is 4.13. The van der Waals surface area contributed by atoms with E-state index in [0.717, 1.165) is 16.9 Å². The van der Waals surface area contributed by atoms with Crippen LogP contribution < -0.4 is 4.74 Å². The zero-order valence-electron chi connectivity index (χ0n) is 10.7. The molecule has 0 aliphatic rings. The Bertz CT molecular complexity index is 500. The van der Waals surface area contributed by atoms with Crippen LogP contribution in [0.1, 0.15) is 25.0 Å². The first-order valence-electron chi connectivity index (χ1n) is 6.09. The molecule has 1 aromatic carbocycles. The molecule has 0 saturated carbocycles. The smallest absolute Gasteiger partial charge is 0.119 e. The Morgan fingerprint density at radius 1 is 0.889 bits per heavy atom. The molecule has 18 heavy (non-hydrogen) atoms. The second-order valence-electron chi connectivity index (χ2n) is 4.35. The van der Waals surface area contributed by atoms with Crippen molar-refractivity contribution < 1.29 is 4.74 Å². The van der Waals surface area contributed by atoms with E-state index in [2.05, 4.69) is 29.3 Å². The predicted molar refractivity (Wildman–Crippen MR) is 75.4 cm³/mol. The third-order valence-corrected chi connectivity index (χ3v) is 2.43. The lowest BCUT2D eigenvalue weighted by molar-refractivity contribution is 0.242. The van der Waals surface area contributed by atoms with Gasteiger partial charge in [0, 0.05) is 12.4 Å². The maximum absolute atomic E-state index is 5.60. The molecule has 2 nitrogen and oxygen atoms in total. The molecule has 0 amide bonds. The van der Waals surface area contributed by atoms with E-state index in [1.165, 1.54) is 0 Å². The molecule has 2 heteroatoms. The minimum Gasteiger partial charge on any atom is -0.491 e. The fourth-order valence-corrected chi connectivity index (χ4v) is 1.60. The first-order valence-corrected chi connectivity index (χ1v) is 6.09. The largest absolute Gasteiger partial charge is 0.491 e. The number of hydrogen-bond donors (Lipinski definition) is 0. The van der Waals surface area contributed by atoms with Crippen LogP contribution in [0.25, 0.3) is 12.2 Å². The molecule has 92 valence electrons. The van der Waals surface area contributed by atoms with Gasteiger partial charge in [-0.1, -0.05) is 24.3 Å². The number of nitrogens with zero attached hydrogens (tertiary/aromatic N) is 1. The molecule has 0 fully saturated rings. The first kappa shape index (κ1) is 12.4. The minimum absolute atomic E-state index is 0.211. The molecule has 0 saturated heterocycles. The maximum Gasteiger partial charge on any atom is 0.119 e. The van der Waals surface area contributed by atoms with Gasteiger partial charge in [0.1, 0.15) is 5.75 Å². The van der Waals surface area contributed by atoms with Crippen molar-refractivity contribution in [2.45, 2.75) is 20.0 Å². The number of ether oxygens (including phenoxy) is 1. The van der Waals surface area contributed by atoms with Gasteiger partial charge in [-0.25, -0.2) is 0 Å². The fourth-order valence-electron chi connectivity index (χ4n) is 1.60. The molecule has 0 aliphatic heterocycles. The van der Waals surface area contributed by atoms with Gasteiger partial charge in [0.25, 0.3) is 0 Å². The quantitative estimate of drug-likeness (QED) is 0.803. The van der Waals surface area contributed by atoms with Crippen molar-refractivity contribution in [3.8, 4) is 5.75 Å². The van der Waals surface area contributed by atoms with Gasteiger partial charge in [-0.05, 0) is 49.2 Å². The maximum atomic E-state index is 5.60. The summed E-state index contributed by atoms with van der Waals surface area (Å²) in [5, 5.41) is 0. The summed E-state index contributed by atoms with van der Waals surface area (Å²) in [6, 6.07) is 12.0. The molecule has 0 radical (unpaired) electrons.